The predicted octanol–water partition coefficient (Wildman–Crippen LogP) is 3.76. The van der Waals surface area contributed by atoms with Crippen molar-refractivity contribution in [1.29, 1.82) is 0 Å². The molecule has 76 valence electrons. The molecule has 0 amide bonds. The lowest BCUT2D eigenvalue weighted by molar-refractivity contribution is 0.807. The van der Waals surface area contributed by atoms with E-state index in [1.54, 1.807) is 12.3 Å². The van der Waals surface area contributed by atoms with Gasteiger partial charge in [0.2, 0.25) is 0 Å². The Kier molecular flexibility index (Phi) is 4.23. The standard InChI is InChI=1S/C10H12Cl2N2/c1-3-4-7(2)14-10-9(12)5-8(11)6-13-10/h3,5-7H,1,4H2,2H3,(H,13,14). The third-order valence-corrected chi connectivity index (χ3v) is 2.21. The summed E-state index contributed by atoms with van der Waals surface area (Å²) in [7, 11) is 0. The molecule has 1 aromatic rings. The number of halogens is 2. The van der Waals surface area contributed by atoms with Gasteiger partial charge in [-0.15, -0.1) is 6.58 Å². The molecule has 1 N–H and O–H groups in total. The summed E-state index contributed by atoms with van der Waals surface area (Å²) in [6.07, 6.45) is 4.28. The Bertz CT molecular complexity index is 326. The molecule has 1 heterocycles. The van der Waals surface area contributed by atoms with Crippen LogP contribution >= 0.6 is 23.2 Å². The molecule has 14 heavy (non-hydrogen) atoms. The summed E-state index contributed by atoms with van der Waals surface area (Å²) in [5, 5.41) is 4.24. The molecule has 4 heteroatoms. The predicted molar refractivity (Wildman–Crippen MR) is 62.2 cm³/mol. The molecule has 1 atom stereocenters. The second-order valence-corrected chi connectivity index (χ2v) is 3.90. The number of nitrogens with one attached hydrogen (secondary N) is 1. The van der Waals surface area contributed by atoms with Gasteiger partial charge in [-0.1, -0.05) is 29.3 Å². The van der Waals surface area contributed by atoms with Crippen LogP contribution in [0.2, 0.25) is 10.0 Å². The van der Waals surface area contributed by atoms with E-state index in [1.807, 2.05) is 13.0 Å². The summed E-state index contributed by atoms with van der Waals surface area (Å²) in [5.74, 6) is 0.658. The van der Waals surface area contributed by atoms with E-state index in [0.29, 0.717) is 15.9 Å². The van der Waals surface area contributed by atoms with Gasteiger partial charge in [0.15, 0.2) is 0 Å². The van der Waals surface area contributed by atoms with Crippen LogP contribution in [0.4, 0.5) is 5.82 Å². The van der Waals surface area contributed by atoms with Crippen LogP contribution in [-0.4, -0.2) is 11.0 Å². The van der Waals surface area contributed by atoms with Crippen LogP contribution in [0.15, 0.2) is 24.9 Å². The van der Waals surface area contributed by atoms with Crippen molar-refractivity contribution < 1.29 is 0 Å². The van der Waals surface area contributed by atoms with Crippen LogP contribution in [-0.2, 0) is 0 Å². The first-order valence-electron chi connectivity index (χ1n) is 4.32. The van der Waals surface area contributed by atoms with E-state index >= 15 is 0 Å². The van der Waals surface area contributed by atoms with Gasteiger partial charge in [0.1, 0.15) is 5.82 Å². The van der Waals surface area contributed by atoms with E-state index < -0.39 is 0 Å². The molecule has 2 nitrogen and oxygen atoms in total. The third kappa shape index (κ3) is 3.20. The fourth-order valence-corrected chi connectivity index (χ4v) is 1.50. The lowest BCUT2D eigenvalue weighted by Crippen LogP contribution is -2.15. The van der Waals surface area contributed by atoms with Gasteiger partial charge in [0.05, 0.1) is 10.0 Å². The van der Waals surface area contributed by atoms with Crippen molar-refractivity contribution in [3.8, 4) is 0 Å². The van der Waals surface area contributed by atoms with Crippen molar-refractivity contribution in [3.63, 3.8) is 0 Å². The van der Waals surface area contributed by atoms with Crippen LogP contribution in [0.3, 0.4) is 0 Å². The quantitative estimate of drug-likeness (QED) is 0.798. The topological polar surface area (TPSA) is 24.9 Å². The van der Waals surface area contributed by atoms with Gasteiger partial charge in [0.25, 0.3) is 0 Å². The fraction of sp³-hybridized carbons (Fsp3) is 0.300. The monoisotopic (exact) mass is 230 g/mol. The molecule has 0 fully saturated rings. The van der Waals surface area contributed by atoms with Crippen molar-refractivity contribution >= 4 is 29.0 Å². The van der Waals surface area contributed by atoms with E-state index in [4.69, 9.17) is 23.2 Å². The van der Waals surface area contributed by atoms with E-state index in [-0.39, 0.29) is 6.04 Å². The zero-order chi connectivity index (χ0) is 10.6. The smallest absolute Gasteiger partial charge is 0.145 e. The Morgan fingerprint density at radius 3 is 2.93 bits per heavy atom. The highest BCUT2D eigenvalue weighted by atomic mass is 35.5. The highest BCUT2D eigenvalue weighted by Gasteiger charge is 2.05. The first-order valence-corrected chi connectivity index (χ1v) is 5.07. The molecule has 1 unspecified atom stereocenters. The summed E-state index contributed by atoms with van der Waals surface area (Å²) in [6, 6.07) is 1.93. The minimum atomic E-state index is 0.263. The molecule has 0 aliphatic carbocycles. The number of nitrogens with zero attached hydrogens (tertiary/aromatic N) is 1. The van der Waals surface area contributed by atoms with Gasteiger partial charge >= 0.3 is 0 Å². The van der Waals surface area contributed by atoms with E-state index in [9.17, 15) is 0 Å². The number of pyridine rings is 1. The summed E-state index contributed by atoms with van der Waals surface area (Å²) in [6.45, 7) is 5.70. The molecule has 1 rings (SSSR count). The maximum Gasteiger partial charge on any atom is 0.145 e. The largest absolute Gasteiger partial charge is 0.366 e. The first kappa shape index (κ1) is 11.3. The van der Waals surface area contributed by atoms with Crippen molar-refractivity contribution in [1.82, 2.24) is 4.98 Å². The Labute approximate surface area is 93.9 Å². The number of hydrogen-bond donors (Lipinski definition) is 1. The minimum absolute atomic E-state index is 0.263. The fourth-order valence-electron chi connectivity index (χ4n) is 1.06. The normalized spacial score (nSPS) is 12.2. The van der Waals surface area contributed by atoms with Crippen LogP contribution in [0, 0.1) is 0 Å². The summed E-state index contributed by atoms with van der Waals surface area (Å²) < 4.78 is 0. The molecule has 0 bridgehead atoms. The average molecular weight is 231 g/mol. The first-order chi connectivity index (χ1) is 6.63. The average Bonchev–Trinajstić information content (AvgIpc) is 2.10. The van der Waals surface area contributed by atoms with Gasteiger partial charge in [0, 0.05) is 12.2 Å². The van der Waals surface area contributed by atoms with Crippen molar-refractivity contribution in [2.75, 3.05) is 5.32 Å². The molecule has 0 aliphatic heterocycles. The number of rotatable bonds is 4. The van der Waals surface area contributed by atoms with E-state index in [1.165, 1.54) is 0 Å². The highest BCUT2D eigenvalue weighted by Crippen LogP contribution is 2.23. The summed E-state index contributed by atoms with van der Waals surface area (Å²) >= 11 is 11.7. The van der Waals surface area contributed by atoms with Gasteiger partial charge in [-0.2, -0.15) is 0 Å². The second kappa shape index (κ2) is 5.23. The Balaban J connectivity index is 2.71. The van der Waals surface area contributed by atoms with Crippen LogP contribution in [0.5, 0.6) is 0 Å². The molecule has 0 aliphatic rings. The van der Waals surface area contributed by atoms with Crippen LogP contribution in [0.1, 0.15) is 13.3 Å². The van der Waals surface area contributed by atoms with Gasteiger partial charge < -0.3 is 5.32 Å². The van der Waals surface area contributed by atoms with Gasteiger partial charge in [-0.3, -0.25) is 0 Å². The molecule has 0 radical (unpaired) electrons. The Hall–Kier alpha value is -0.730. The Morgan fingerprint density at radius 1 is 1.64 bits per heavy atom. The SMILES string of the molecule is C=CCC(C)Nc1ncc(Cl)cc1Cl. The lowest BCUT2D eigenvalue weighted by atomic mass is 10.2. The van der Waals surface area contributed by atoms with Gasteiger partial charge in [-0.05, 0) is 19.4 Å². The summed E-state index contributed by atoms with van der Waals surface area (Å²) in [5.41, 5.74) is 0. The van der Waals surface area contributed by atoms with Crippen molar-refractivity contribution in [2.24, 2.45) is 0 Å². The third-order valence-electron chi connectivity index (χ3n) is 1.71. The molecule has 1 aromatic heterocycles. The highest BCUT2D eigenvalue weighted by molar-refractivity contribution is 6.35. The number of aromatic nitrogens is 1. The van der Waals surface area contributed by atoms with Gasteiger partial charge in [-0.25, -0.2) is 4.98 Å². The Morgan fingerprint density at radius 2 is 2.36 bits per heavy atom. The maximum atomic E-state index is 5.94. The van der Waals surface area contributed by atoms with Crippen LogP contribution in [0.25, 0.3) is 0 Å². The lowest BCUT2D eigenvalue weighted by Gasteiger charge is -2.13. The van der Waals surface area contributed by atoms with Crippen molar-refractivity contribution in [2.45, 2.75) is 19.4 Å². The molecule has 0 aromatic carbocycles. The van der Waals surface area contributed by atoms with Crippen LogP contribution < -0.4 is 5.32 Å². The maximum absolute atomic E-state index is 5.94. The summed E-state index contributed by atoms with van der Waals surface area (Å²) in [4.78, 5) is 4.09. The molecule has 0 saturated carbocycles. The zero-order valence-electron chi connectivity index (χ0n) is 7.93. The van der Waals surface area contributed by atoms with Crippen molar-refractivity contribution in [3.05, 3.63) is 35.0 Å². The molecular weight excluding hydrogens is 219 g/mol. The molecule has 0 spiro atoms. The number of anilines is 1. The number of hydrogen-bond acceptors (Lipinski definition) is 2. The second-order valence-electron chi connectivity index (χ2n) is 3.05. The molecular formula is C10H12Cl2N2. The van der Waals surface area contributed by atoms with E-state index in [2.05, 4.69) is 16.9 Å². The minimum Gasteiger partial charge on any atom is -0.366 e. The zero-order valence-corrected chi connectivity index (χ0v) is 9.44. The van der Waals surface area contributed by atoms with E-state index in [0.717, 1.165) is 6.42 Å². The molecule has 0 saturated heterocycles.